The first-order chi connectivity index (χ1) is 4.33. The Kier molecular flexibility index (Phi) is 4.93. The van der Waals surface area contributed by atoms with Gasteiger partial charge in [-0.2, -0.15) is 17.7 Å². The minimum absolute atomic E-state index is 0. The smallest absolute Gasteiger partial charge is 0.0606 e. The third-order valence-electron chi connectivity index (χ3n) is 1.18. The zero-order valence-electron chi connectivity index (χ0n) is 6.22. The first-order valence-electron chi connectivity index (χ1n) is 2.85. The summed E-state index contributed by atoms with van der Waals surface area (Å²) in [5, 5.41) is 0. The number of hydrogen-bond donors (Lipinski definition) is 0. The Morgan fingerprint density at radius 1 is 1.40 bits per heavy atom. The van der Waals surface area contributed by atoms with Crippen LogP contribution < -0.4 is 4.74 Å². The van der Waals surface area contributed by atoms with Crippen LogP contribution in [0.15, 0.2) is 18.2 Å². The molecule has 0 aliphatic heterocycles. The zero-order chi connectivity index (χ0) is 6.69. The summed E-state index contributed by atoms with van der Waals surface area (Å²) >= 11 is 0. The van der Waals surface area contributed by atoms with Crippen molar-refractivity contribution in [1.82, 2.24) is 0 Å². The van der Waals surface area contributed by atoms with Crippen LogP contribution in [0.3, 0.4) is 0 Å². The van der Waals surface area contributed by atoms with E-state index in [4.69, 9.17) is 4.74 Å². The molecule has 0 unspecified atom stereocenters. The van der Waals surface area contributed by atoms with Crippen LogP contribution in [0.1, 0.15) is 5.56 Å². The van der Waals surface area contributed by atoms with E-state index in [1.54, 1.807) is 7.11 Å². The summed E-state index contributed by atoms with van der Waals surface area (Å²) in [7, 11) is 1.65. The van der Waals surface area contributed by atoms with Crippen molar-refractivity contribution >= 4 is 0 Å². The summed E-state index contributed by atoms with van der Waals surface area (Å²) in [6.45, 7) is 2.00. The predicted molar refractivity (Wildman–Crippen MR) is 36.6 cm³/mol. The van der Waals surface area contributed by atoms with Gasteiger partial charge in [0, 0.05) is 38.5 Å². The van der Waals surface area contributed by atoms with Crippen molar-refractivity contribution in [3.05, 3.63) is 29.8 Å². The summed E-state index contributed by atoms with van der Waals surface area (Å²) in [6.07, 6.45) is 0. The SMILES string of the molecule is COc1c[c-]c(C)cc1.[Y]. The largest absolute Gasteiger partial charge is 0.554 e. The molecule has 10 heavy (non-hydrogen) atoms. The van der Waals surface area contributed by atoms with Crippen molar-refractivity contribution in [3.63, 3.8) is 0 Å². The molecule has 1 nitrogen and oxygen atoms in total. The van der Waals surface area contributed by atoms with E-state index < -0.39 is 0 Å². The monoisotopic (exact) mass is 210 g/mol. The van der Waals surface area contributed by atoms with E-state index in [1.807, 2.05) is 25.1 Å². The fraction of sp³-hybridized carbons (Fsp3) is 0.250. The standard InChI is InChI=1S/C8H9O.Y/c1-7-3-5-8(9-2)6-4-7;/h3,5-6H,1-2H3;/q-1;. The Morgan fingerprint density at radius 3 is 2.50 bits per heavy atom. The van der Waals surface area contributed by atoms with Crippen molar-refractivity contribution in [2.45, 2.75) is 6.92 Å². The van der Waals surface area contributed by atoms with Crippen molar-refractivity contribution in [2.24, 2.45) is 0 Å². The summed E-state index contributed by atoms with van der Waals surface area (Å²) < 4.78 is 4.94. The van der Waals surface area contributed by atoms with Crippen molar-refractivity contribution in [2.75, 3.05) is 7.11 Å². The topological polar surface area (TPSA) is 9.23 Å². The average molecular weight is 210 g/mol. The number of ether oxygens (including phenoxy) is 1. The van der Waals surface area contributed by atoms with Gasteiger partial charge in [0.15, 0.2) is 0 Å². The summed E-state index contributed by atoms with van der Waals surface area (Å²) in [6, 6.07) is 8.75. The van der Waals surface area contributed by atoms with Crippen molar-refractivity contribution < 1.29 is 37.4 Å². The summed E-state index contributed by atoms with van der Waals surface area (Å²) in [5.41, 5.74) is 1.14. The van der Waals surface area contributed by atoms with Crippen LogP contribution in [0.2, 0.25) is 0 Å². The Morgan fingerprint density at radius 2 is 2.10 bits per heavy atom. The van der Waals surface area contributed by atoms with Crippen LogP contribution in [0.5, 0.6) is 5.75 Å². The van der Waals surface area contributed by atoms with Gasteiger partial charge in [-0.25, -0.2) is 0 Å². The summed E-state index contributed by atoms with van der Waals surface area (Å²) in [5.74, 6) is 0.862. The molecule has 0 heterocycles. The van der Waals surface area contributed by atoms with Crippen LogP contribution >= 0.6 is 0 Å². The van der Waals surface area contributed by atoms with Gasteiger partial charge in [0.05, 0.1) is 7.11 Å². The molecule has 0 aliphatic carbocycles. The number of rotatable bonds is 1. The maximum atomic E-state index is 4.94. The van der Waals surface area contributed by atoms with Gasteiger partial charge in [-0.1, -0.05) is 6.92 Å². The number of hydrogen-bond acceptors (Lipinski definition) is 1. The molecule has 1 aromatic carbocycles. The van der Waals surface area contributed by atoms with E-state index >= 15 is 0 Å². The third-order valence-corrected chi connectivity index (χ3v) is 1.18. The van der Waals surface area contributed by atoms with Gasteiger partial charge in [0.2, 0.25) is 0 Å². The van der Waals surface area contributed by atoms with Gasteiger partial charge in [0.25, 0.3) is 0 Å². The normalized spacial score (nSPS) is 8.20. The molecular weight excluding hydrogens is 201 g/mol. The second-order valence-electron chi connectivity index (χ2n) is 1.91. The van der Waals surface area contributed by atoms with Gasteiger partial charge < -0.3 is 4.74 Å². The van der Waals surface area contributed by atoms with Gasteiger partial charge in [-0.15, -0.1) is 12.1 Å². The molecule has 1 radical (unpaired) electrons. The Hall–Kier alpha value is 0.124. The number of benzene rings is 1. The van der Waals surface area contributed by atoms with Crippen LogP contribution in [0.25, 0.3) is 0 Å². The molecule has 0 saturated carbocycles. The molecule has 0 saturated heterocycles. The Bertz CT molecular complexity index is 181. The van der Waals surface area contributed by atoms with Crippen LogP contribution in [-0.4, -0.2) is 7.11 Å². The molecule has 1 aromatic rings. The fourth-order valence-electron chi connectivity index (χ4n) is 0.615. The Labute approximate surface area is 86.7 Å². The van der Waals surface area contributed by atoms with E-state index in [0.29, 0.717) is 0 Å². The van der Waals surface area contributed by atoms with E-state index in [9.17, 15) is 0 Å². The molecule has 0 bridgehead atoms. The molecule has 0 fully saturated rings. The molecule has 0 amide bonds. The van der Waals surface area contributed by atoms with Crippen LogP contribution in [0.4, 0.5) is 0 Å². The molecular formula is C8H9OY-. The number of methoxy groups -OCH3 is 1. The van der Waals surface area contributed by atoms with E-state index in [-0.39, 0.29) is 32.7 Å². The summed E-state index contributed by atoms with van der Waals surface area (Å²) in [4.78, 5) is 0. The molecule has 0 atom stereocenters. The molecule has 0 aromatic heterocycles. The second-order valence-corrected chi connectivity index (χ2v) is 1.91. The first-order valence-corrected chi connectivity index (χ1v) is 2.85. The van der Waals surface area contributed by atoms with Crippen LogP contribution in [-0.2, 0) is 32.7 Å². The van der Waals surface area contributed by atoms with Gasteiger partial charge >= 0.3 is 0 Å². The fourth-order valence-corrected chi connectivity index (χ4v) is 0.615. The van der Waals surface area contributed by atoms with Gasteiger partial charge in [-0.3, -0.25) is 0 Å². The first kappa shape index (κ1) is 10.1. The maximum absolute atomic E-state index is 4.94. The van der Waals surface area contributed by atoms with E-state index in [0.717, 1.165) is 11.3 Å². The number of aryl methyl sites for hydroxylation is 1. The van der Waals surface area contributed by atoms with Crippen LogP contribution in [0, 0.1) is 13.0 Å². The van der Waals surface area contributed by atoms with E-state index in [1.165, 1.54) is 0 Å². The minimum Gasteiger partial charge on any atom is -0.554 e. The van der Waals surface area contributed by atoms with Crippen molar-refractivity contribution in [1.29, 1.82) is 0 Å². The average Bonchev–Trinajstić information content (AvgIpc) is 1.90. The minimum atomic E-state index is 0. The van der Waals surface area contributed by atoms with Gasteiger partial charge in [-0.05, 0) is 0 Å². The van der Waals surface area contributed by atoms with E-state index in [2.05, 4.69) is 6.07 Å². The third kappa shape index (κ3) is 2.80. The molecule has 0 spiro atoms. The predicted octanol–water partition coefficient (Wildman–Crippen LogP) is 1.80. The molecule has 1 rings (SSSR count). The maximum Gasteiger partial charge on any atom is 0.0606 e. The van der Waals surface area contributed by atoms with Crippen molar-refractivity contribution in [3.8, 4) is 5.75 Å². The molecule has 51 valence electrons. The molecule has 2 heteroatoms. The second kappa shape index (κ2) is 4.87. The Balaban J connectivity index is 0.000000810. The zero-order valence-corrected chi connectivity index (χ0v) is 9.06. The molecule has 0 aliphatic rings. The molecule has 0 N–H and O–H groups in total. The quantitative estimate of drug-likeness (QED) is 0.642. The van der Waals surface area contributed by atoms with Gasteiger partial charge in [0.1, 0.15) is 0 Å².